The minimum atomic E-state index is 0.0509. The first-order chi connectivity index (χ1) is 8.31. The lowest BCUT2D eigenvalue weighted by atomic mass is 10.4. The predicted molar refractivity (Wildman–Crippen MR) is 70.5 cm³/mol. The molecule has 2 heterocycles. The van der Waals surface area contributed by atoms with E-state index in [-0.39, 0.29) is 6.61 Å². The highest BCUT2D eigenvalue weighted by atomic mass is 32.2. The van der Waals surface area contributed by atoms with E-state index < -0.39 is 0 Å². The fourth-order valence-corrected chi connectivity index (χ4v) is 2.81. The van der Waals surface area contributed by atoms with Crippen LogP contribution in [0.1, 0.15) is 0 Å². The molecule has 0 saturated heterocycles. The molecule has 0 aromatic carbocycles. The molecule has 0 amide bonds. The van der Waals surface area contributed by atoms with Gasteiger partial charge in [0.05, 0.1) is 25.2 Å². The van der Waals surface area contributed by atoms with Crippen molar-refractivity contribution in [3.8, 4) is 0 Å². The third kappa shape index (κ3) is 3.29. The summed E-state index contributed by atoms with van der Waals surface area (Å²) >= 11 is 3.06. The average molecular weight is 271 g/mol. The number of rotatable bonds is 6. The molecule has 0 aliphatic carbocycles. The fraction of sp³-hybridized carbons (Fsp3) is 0.400. The van der Waals surface area contributed by atoms with E-state index in [1.165, 1.54) is 11.8 Å². The quantitative estimate of drug-likeness (QED) is 0.469. The minimum Gasteiger partial charge on any atom is -0.394 e. The van der Waals surface area contributed by atoms with Crippen molar-refractivity contribution in [3.05, 3.63) is 11.4 Å². The summed E-state index contributed by atoms with van der Waals surface area (Å²) in [5, 5.41) is 12.1. The van der Waals surface area contributed by atoms with E-state index >= 15 is 0 Å². The molecule has 17 heavy (non-hydrogen) atoms. The monoisotopic (exact) mass is 271 g/mol. The molecular weight excluding hydrogens is 258 g/mol. The number of nitrogens with two attached hydrogens (primary N) is 1. The SMILES string of the molecule is Nc1nc(SCCOCCO)nc2sccc12. The Morgan fingerprint density at radius 1 is 1.41 bits per heavy atom. The van der Waals surface area contributed by atoms with E-state index in [2.05, 4.69) is 9.97 Å². The summed E-state index contributed by atoms with van der Waals surface area (Å²) in [4.78, 5) is 9.54. The lowest BCUT2D eigenvalue weighted by Gasteiger charge is -2.03. The number of hydrogen-bond acceptors (Lipinski definition) is 7. The molecule has 0 saturated carbocycles. The Balaban J connectivity index is 1.94. The molecule has 5 nitrogen and oxygen atoms in total. The molecule has 0 atom stereocenters. The molecule has 3 N–H and O–H groups in total. The Bertz CT molecular complexity index is 489. The van der Waals surface area contributed by atoms with Gasteiger partial charge in [-0.3, -0.25) is 0 Å². The van der Waals surface area contributed by atoms with E-state index in [4.69, 9.17) is 15.6 Å². The molecule has 7 heteroatoms. The van der Waals surface area contributed by atoms with Crippen LogP contribution in [0.15, 0.2) is 16.6 Å². The Kier molecular flexibility index (Phi) is 4.55. The second-order valence-electron chi connectivity index (χ2n) is 3.22. The molecular formula is C10H13N3O2S2. The van der Waals surface area contributed by atoms with E-state index in [1.54, 1.807) is 11.3 Å². The van der Waals surface area contributed by atoms with Crippen molar-refractivity contribution >= 4 is 39.1 Å². The molecule has 2 aromatic rings. The van der Waals surface area contributed by atoms with Crippen molar-refractivity contribution in [1.82, 2.24) is 9.97 Å². The van der Waals surface area contributed by atoms with Crippen LogP contribution in [0.5, 0.6) is 0 Å². The second-order valence-corrected chi connectivity index (χ2v) is 5.17. The van der Waals surface area contributed by atoms with Crippen LogP contribution in [0.25, 0.3) is 10.2 Å². The van der Waals surface area contributed by atoms with Crippen LogP contribution >= 0.6 is 23.1 Å². The van der Waals surface area contributed by atoms with Crippen molar-refractivity contribution in [3.63, 3.8) is 0 Å². The number of aromatic nitrogens is 2. The van der Waals surface area contributed by atoms with Crippen LogP contribution in [0.2, 0.25) is 0 Å². The van der Waals surface area contributed by atoms with Crippen molar-refractivity contribution in [2.45, 2.75) is 5.16 Å². The van der Waals surface area contributed by atoms with Crippen LogP contribution in [0, 0.1) is 0 Å². The van der Waals surface area contributed by atoms with Gasteiger partial charge < -0.3 is 15.6 Å². The maximum atomic E-state index is 8.54. The van der Waals surface area contributed by atoms with Gasteiger partial charge in [0.2, 0.25) is 0 Å². The number of nitrogen functional groups attached to an aromatic ring is 1. The molecule has 0 unspecified atom stereocenters. The van der Waals surface area contributed by atoms with E-state index in [0.717, 1.165) is 16.0 Å². The standard InChI is InChI=1S/C10H13N3O2S2/c11-8-7-1-5-16-9(7)13-10(12-8)17-6-4-15-3-2-14/h1,5,14H,2-4,6H2,(H2,11,12,13). The van der Waals surface area contributed by atoms with Gasteiger partial charge in [-0.2, -0.15) is 0 Å². The summed E-state index contributed by atoms with van der Waals surface area (Å²) < 4.78 is 5.15. The van der Waals surface area contributed by atoms with Gasteiger partial charge >= 0.3 is 0 Å². The number of thioether (sulfide) groups is 1. The maximum absolute atomic E-state index is 8.54. The highest BCUT2D eigenvalue weighted by Gasteiger charge is 2.06. The zero-order valence-electron chi connectivity index (χ0n) is 9.13. The smallest absolute Gasteiger partial charge is 0.190 e. The van der Waals surface area contributed by atoms with Gasteiger partial charge in [-0.1, -0.05) is 11.8 Å². The van der Waals surface area contributed by atoms with Crippen molar-refractivity contribution in [2.75, 3.05) is 31.3 Å². The number of fused-ring (bicyclic) bond motifs is 1. The zero-order valence-corrected chi connectivity index (χ0v) is 10.8. The zero-order chi connectivity index (χ0) is 12.1. The first-order valence-electron chi connectivity index (χ1n) is 5.13. The van der Waals surface area contributed by atoms with Gasteiger partial charge in [0, 0.05) is 5.75 Å². The minimum absolute atomic E-state index is 0.0509. The molecule has 0 spiro atoms. The number of aliphatic hydroxyl groups excluding tert-OH is 1. The first-order valence-corrected chi connectivity index (χ1v) is 7.00. The molecule has 0 radical (unpaired) electrons. The third-order valence-corrected chi connectivity index (χ3v) is 3.65. The second kappa shape index (κ2) is 6.15. The van der Waals surface area contributed by atoms with E-state index in [9.17, 15) is 0 Å². The lowest BCUT2D eigenvalue weighted by molar-refractivity contribution is 0.103. The van der Waals surface area contributed by atoms with Crippen molar-refractivity contribution in [2.24, 2.45) is 0 Å². The van der Waals surface area contributed by atoms with Gasteiger partial charge in [-0.15, -0.1) is 11.3 Å². The van der Waals surface area contributed by atoms with Gasteiger partial charge in [0.15, 0.2) is 5.16 Å². The topological polar surface area (TPSA) is 81.3 Å². The van der Waals surface area contributed by atoms with Crippen LogP contribution in [-0.2, 0) is 4.74 Å². The molecule has 92 valence electrons. The summed E-state index contributed by atoms with van der Waals surface area (Å²) in [6, 6.07) is 1.92. The number of ether oxygens (including phenoxy) is 1. The number of thiophene rings is 1. The van der Waals surface area contributed by atoms with Crippen LogP contribution in [0.4, 0.5) is 5.82 Å². The molecule has 0 aliphatic heterocycles. The van der Waals surface area contributed by atoms with Gasteiger partial charge in [0.1, 0.15) is 10.6 Å². The summed E-state index contributed by atoms with van der Waals surface area (Å²) in [5.74, 6) is 1.27. The van der Waals surface area contributed by atoms with Crippen LogP contribution in [-0.4, -0.2) is 40.6 Å². The van der Waals surface area contributed by atoms with Crippen LogP contribution < -0.4 is 5.73 Å². The summed E-state index contributed by atoms with van der Waals surface area (Å²) in [7, 11) is 0. The summed E-state index contributed by atoms with van der Waals surface area (Å²) in [6.45, 7) is 0.986. The van der Waals surface area contributed by atoms with Gasteiger partial charge in [-0.25, -0.2) is 9.97 Å². The van der Waals surface area contributed by atoms with E-state index in [1.807, 2.05) is 11.4 Å². The number of anilines is 1. The number of nitrogens with zero attached hydrogens (tertiary/aromatic N) is 2. The number of hydrogen-bond donors (Lipinski definition) is 2. The van der Waals surface area contributed by atoms with Crippen molar-refractivity contribution < 1.29 is 9.84 Å². The lowest BCUT2D eigenvalue weighted by Crippen LogP contribution is -2.03. The fourth-order valence-electron chi connectivity index (χ4n) is 1.28. The van der Waals surface area contributed by atoms with E-state index in [0.29, 0.717) is 24.2 Å². The molecule has 0 aliphatic rings. The number of aliphatic hydroxyl groups is 1. The van der Waals surface area contributed by atoms with Gasteiger partial charge in [0.25, 0.3) is 0 Å². The molecule has 2 aromatic heterocycles. The highest BCUT2D eigenvalue weighted by Crippen LogP contribution is 2.25. The normalized spacial score (nSPS) is 11.1. The Morgan fingerprint density at radius 2 is 2.29 bits per heavy atom. The first kappa shape index (κ1) is 12.6. The summed E-state index contributed by atoms with van der Waals surface area (Å²) in [5.41, 5.74) is 5.83. The Labute approximate surface area is 107 Å². The molecule has 0 fully saturated rings. The molecule has 2 rings (SSSR count). The van der Waals surface area contributed by atoms with Crippen LogP contribution in [0.3, 0.4) is 0 Å². The third-order valence-electron chi connectivity index (χ3n) is 2.03. The Hall–Kier alpha value is -0.890. The van der Waals surface area contributed by atoms with Gasteiger partial charge in [-0.05, 0) is 11.4 Å². The highest BCUT2D eigenvalue weighted by molar-refractivity contribution is 7.99. The average Bonchev–Trinajstić information content (AvgIpc) is 2.77. The maximum Gasteiger partial charge on any atom is 0.190 e. The van der Waals surface area contributed by atoms with Crippen molar-refractivity contribution in [1.29, 1.82) is 0 Å². The summed E-state index contributed by atoms with van der Waals surface area (Å²) in [6.07, 6.45) is 0. The predicted octanol–water partition coefficient (Wildman–Crippen LogP) is 1.37. The largest absolute Gasteiger partial charge is 0.394 e. The Morgan fingerprint density at radius 3 is 3.12 bits per heavy atom. The molecule has 0 bridgehead atoms.